The summed E-state index contributed by atoms with van der Waals surface area (Å²) in [4.78, 5) is 28.1. The molecule has 21 heavy (non-hydrogen) atoms. The van der Waals surface area contributed by atoms with Gasteiger partial charge in [-0.3, -0.25) is 9.59 Å². The largest absolute Gasteiger partial charge is 0.342 e. The van der Waals surface area contributed by atoms with Crippen molar-refractivity contribution in [3.63, 3.8) is 0 Å². The number of hydrogen-bond donors (Lipinski definition) is 2. The fourth-order valence-electron chi connectivity index (χ4n) is 2.87. The van der Waals surface area contributed by atoms with E-state index in [2.05, 4.69) is 10.6 Å². The molecule has 5 nitrogen and oxygen atoms in total. The number of nitrogens with zero attached hydrogens (tertiary/aromatic N) is 1. The van der Waals surface area contributed by atoms with Crippen molar-refractivity contribution >= 4 is 23.2 Å². The standard InChI is InChI=1S/C15H21N3O2S/c19-14(18-7-5-16-6-8-18)10-17-15(20)13-9-11-3-1-2-4-12(11)21-13/h9,16H,1-8,10H2,(H,17,20). The van der Waals surface area contributed by atoms with Crippen molar-refractivity contribution in [2.45, 2.75) is 25.7 Å². The maximum absolute atomic E-state index is 12.2. The molecule has 1 aromatic rings. The van der Waals surface area contributed by atoms with Crippen LogP contribution in [-0.2, 0) is 17.6 Å². The average molecular weight is 307 g/mol. The average Bonchev–Trinajstić information content (AvgIpc) is 2.97. The van der Waals surface area contributed by atoms with Crippen LogP contribution in [0.25, 0.3) is 0 Å². The molecule has 0 saturated carbocycles. The molecule has 2 N–H and O–H groups in total. The van der Waals surface area contributed by atoms with Gasteiger partial charge in [0.25, 0.3) is 5.91 Å². The normalized spacial score (nSPS) is 18.2. The van der Waals surface area contributed by atoms with E-state index >= 15 is 0 Å². The van der Waals surface area contributed by atoms with Gasteiger partial charge in [0.15, 0.2) is 0 Å². The van der Waals surface area contributed by atoms with Crippen molar-refractivity contribution < 1.29 is 9.59 Å². The zero-order valence-electron chi connectivity index (χ0n) is 12.1. The summed E-state index contributed by atoms with van der Waals surface area (Å²) >= 11 is 1.58. The molecule has 1 aliphatic heterocycles. The minimum Gasteiger partial charge on any atom is -0.342 e. The van der Waals surface area contributed by atoms with Crippen LogP contribution in [0.5, 0.6) is 0 Å². The van der Waals surface area contributed by atoms with Crippen molar-refractivity contribution in [1.82, 2.24) is 15.5 Å². The summed E-state index contributed by atoms with van der Waals surface area (Å²) in [6.07, 6.45) is 4.61. The van der Waals surface area contributed by atoms with Crippen LogP contribution in [-0.4, -0.2) is 49.4 Å². The highest BCUT2D eigenvalue weighted by Crippen LogP contribution is 2.29. The van der Waals surface area contributed by atoms with Crippen LogP contribution < -0.4 is 10.6 Å². The monoisotopic (exact) mass is 307 g/mol. The second-order valence-corrected chi connectivity index (χ2v) is 6.72. The lowest BCUT2D eigenvalue weighted by Crippen LogP contribution is -2.49. The van der Waals surface area contributed by atoms with Crippen LogP contribution in [0.4, 0.5) is 0 Å². The van der Waals surface area contributed by atoms with E-state index in [-0.39, 0.29) is 18.4 Å². The lowest BCUT2D eigenvalue weighted by Gasteiger charge is -2.27. The first kappa shape index (κ1) is 14.5. The highest BCUT2D eigenvalue weighted by atomic mass is 32.1. The number of carbonyl (C=O) groups excluding carboxylic acids is 2. The van der Waals surface area contributed by atoms with E-state index in [4.69, 9.17) is 0 Å². The number of piperazine rings is 1. The van der Waals surface area contributed by atoms with Crippen LogP contribution in [0.1, 0.15) is 33.0 Å². The van der Waals surface area contributed by atoms with Gasteiger partial charge in [0.1, 0.15) is 0 Å². The highest BCUT2D eigenvalue weighted by Gasteiger charge is 2.19. The molecule has 0 unspecified atom stereocenters. The van der Waals surface area contributed by atoms with Crippen LogP contribution >= 0.6 is 11.3 Å². The molecule has 6 heteroatoms. The molecule has 1 aromatic heterocycles. The first-order valence-corrected chi connectivity index (χ1v) is 8.44. The van der Waals surface area contributed by atoms with Gasteiger partial charge in [0, 0.05) is 31.1 Å². The van der Waals surface area contributed by atoms with Gasteiger partial charge in [-0.2, -0.15) is 0 Å². The molecule has 1 aliphatic carbocycles. The van der Waals surface area contributed by atoms with Crippen molar-refractivity contribution in [1.29, 1.82) is 0 Å². The third kappa shape index (κ3) is 3.44. The number of aryl methyl sites for hydroxylation is 2. The molecule has 1 saturated heterocycles. The summed E-state index contributed by atoms with van der Waals surface area (Å²) < 4.78 is 0. The quantitative estimate of drug-likeness (QED) is 0.868. The van der Waals surface area contributed by atoms with Crippen molar-refractivity contribution in [3.05, 3.63) is 21.4 Å². The second kappa shape index (κ2) is 6.58. The molecule has 3 rings (SSSR count). The summed E-state index contributed by atoms with van der Waals surface area (Å²) in [6, 6.07) is 2.00. The van der Waals surface area contributed by atoms with E-state index in [1.807, 2.05) is 6.07 Å². The molecular weight excluding hydrogens is 286 g/mol. The first-order valence-electron chi connectivity index (χ1n) is 7.62. The smallest absolute Gasteiger partial charge is 0.261 e. The highest BCUT2D eigenvalue weighted by molar-refractivity contribution is 7.14. The zero-order chi connectivity index (χ0) is 14.7. The number of carbonyl (C=O) groups is 2. The minimum absolute atomic E-state index is 0.00571. The Bertz CT molecular complexity index is 512. The minimum atomic E-state index is -0.113. The topological polar surface area (TPSA) is 61.4 Å². The molecule has 0 spiro atoms. The predicted octanol–water partition coefficient (Wildman–Crippen LogP) is 0.788. The summed E-state index contributed by atoms with van der Waals surface area (Å²) in [5.41, 5.74) is 1.32. The van der Waals surface area contributed by atoms with Crippen molar-refractivity contribution in [3.8, 4) is 0 Å². The summed E-state index contributed by atoms with van der Waals surface area (Å²) in [7, 11) is 0. The number of thiophene rings is 1. The fraction of sp³-hybridized carbons (Fsp3) is 0.600. The van der Waals surface area contributed by atoms with Crippen LogP contribution in [0.3, 0.4) is 0 Å². The Kier molecular flexibility index (Phi) is 4.55. The Morgan fingerprint density at radius 2 is 2.00 bits per heavy atom. The Morgan fingerprint density at radius 1 is 1.24 bits per heavy atom. The molecule has 2 amide bonds. The maximum atomic E-state index is 12.2. The van der Waals surface area contributed by atoms with E-state index in [1.54, 1.807) is 16.2 Å². The van der Waals surface area contributed by atoms with Crippen LogP contribution in [0.2, 0.25) is 0 Å². The van der Waals surface area contributed by atoms with Gasteiger partial charge in [-0.15, -0.1) is 11.3 Å². The van der Waals surface area contributed by atoms with Gasteiger partial charge in [0.2, 0.25) is 5.91 Å². The van der Waals surface area contributed by atoms with Gasteiger partial charge >= 0.3 is 0 Å². The zero-order valence-corrected chi connectivity index (χ0v) is 12.9. The summed E-state index contributed by atoms with van der Waals surface area (Å²) in [5, 5.41) is 5.97. The van der Waals surface area contributed by atoms with E-state index in [0.717, 1.165) is 43.9 Å². The van der Waals surface area contributed by atoms with E-state index in [1.165, 1.54) is 23.3 Å². The molecule has 0 radical (unpaired) electrons. The Hall–Kier alpha value is -1.40. The third-order valence-electron chi connectivity index (χ3n) is 4.09. The van der Waals surface area contributed by atoms with Crippen LogP contribution in [0.15, 0.2) is 6.07 Å². The van der Waals surface area contributed by atoms with Gasteiger partial charge in [-0.25, -0.2) is 0 Å². The summed E-state index contributed by atoms with van der Waals surface area (Å²) in [5.74, 6) is -0.107. The van der Waals surface area contributed by atoms with Crippen molar-refractivity contribution in [2.24, 2.45) is 0 Å². The number of hydrogen-bond acceptors (Lipinski definition) is 4. The number of amides is 2. The first-order chi connectivity index (χ1) is 10.2. The molecule has 0 aromatic carbocycles. The molecule has 2 aliphatic rings. The third-order valence-corrected chi connectivity index (χ3v) is 5.33. The molecule has 2 heterocycles. The van der Waals surface area contributed by atoms with E-state index in [0.29, 0.717) is 0 Å². The molecular formula is C15H21N3O2S. The van der Waals surface area contributed by atoms with Gasteiger partial charge in [0.05, 0.1) is 11.4 Å². The van der Waals surface area contributed by atoms with Gasteiger partial charge < -0.3 is 15.5 Å². The molecule has 0 bridgehead atoms. The van der Waals surface area contributed by atoms with E-state index in [9.17, 15) is 9.59 Å². The van der Waals surface area contributed by atoms with Gasteiger partial charge in [-0.05, 0) is 37.3 Å². The number of rotatable bonds is 3. The van der Waals surface area contributed by atoms with E-state index < -0.39 is 0 Å². The summed E-state index contributed by atoms with van der Waals surface area (Å²) in [6.45, 7) is 3.21. The number of nitrogens with one attached hydrogen (secondary N) is 2. The molecule has 0 atom stereocenters. The number of fused-ring (bicyclic) bond motifs is 1. The Labute approximate surface area is 128 Å². The molecule has 114 valence electrons. The molecule has 1 fully saturated rings. The lowest BCUT2D eigenvalue weighted by atomic mass is 9.99. The fourth-order valence-corrected chi connectivity index (χ4v) is 4.04. The lowest BCUT2D eigenvalue weighted by molar-refractivity contribution is -0.130. The Morgan fingerprint density at radius 3 is 2.76 bits per heavy atom. The van der Waals surface area contributed by atoms with Crippen LogP contribution in [0, 0.1) is 0 Å². The maximum Gasteiger partial charge on any atom is 0.261 e. The second-order valence-electron chi connectivity index (χ2n) is 5.58. The van der Waals surface area contributed by atoms with Gasteiger partial charge in [-0.1, -0.05) is 0 Å². The Balaban J connectivity index is 1.53. The SMILES string of the molecule is O=C(NCC(=O)N1CCNCC1)c1cc2c(s1)CCCC2. The predicted molar refractivity (Wildman–Crippen MR) is 82.7 cm³/mol. The van der Waals surface area contributed by atoms with Crippen molar-refractivity contribution in [2.75, 3.05) is 32.7 Å².